The Morgan fingerprint density at radius 3 is 2.35 bits per heavy atom. The lowest BCUT2D eigenvalue weighted by atomic mass is 9.90. The van der Waals surface area contributed by atoms with Crippen LogP contribution in [0.15, 0.2) is 18.2 Å². The summed E-state index contributed by atoms with van der Waals surface area (Å²) in [4.78, 5) is 11.3. The molecule has 0 amide bonds. The summed E-state index contributed by atoms with van der Waals surface area (Å²) in [6, 6.07) is 5.58. The first kappa shape index (κ1) is 17.0. The highest BCUT2D eigenvalue weighted by atomic mass is 16.5. The number of carbonyl (C=O) groups is 1. The summed E-state index contributed by atoms with van der Waals surface area (Å²) < 4.78 is 12.9. The standard InChI is InChI=1S/C17H23N3O3/c1-6-22-14-9-8-12(10-15(14)23-7-2)20-16(17(3,4)5)13(11-21)18-19-20/h8-11H,6-7H2,1-5H3. The number of benzene rings is 1. The predicted octanol–water partition coefficient (Wildman–Crippen LogP) is 3.17. The zero-order valence-electron chi connectivity index (χ0n) is 14.3. The molecule has 0 fully saturated rings. The van der Waals surface area contributed by atoms with Gasteiger partial charge in [-0.25, -0.2) is 4.68 Å². The molecule has 6 heteroatoms. The van der Waals surface area contributed by atoms with Crippen molar-refractivity contribution < 1.29 is 14.3 Å². The van der Waals surface area contributed by atoms with Crippen molar-refractivity contribution in [3.8, 4) is 17.2 Å². The van der Waals surface area contributed by atoms with Crippen molar-refractivity contribution >= 4 is 6.29 Å². The molecule has 0 aliphatic carbocycles. The van der Waals surface area contributed by atoms with Crippen molar-refractivity contribution in [2.24, 2.45) is 0 Å². The molecule has 124 valence electrons. The highest BCUT2D eigenvalue weighted by Gasteiger charge is 2.26. The Bertz CT molecular complexity index is 687. The van der Waals surface area contributed by atoms with Crippen LogP contribution in [0, 0.1) is 0 Å². The van der Waals surface area contributed by atoms with Crippen LogP contribution in [0.25, 0.3) is 5.69 Å². The number of aldehydes is 1. The lowest BCUT2D eigenvalue weighted by Crippen LogP contribution is -2.19. The Morgan fingerprint density at radius 2 is 1.78 bits per heavy atom. The number of rotatable bonds is 6. The Hall–Kier alpha value is -2.37. The van der Waals surface area contributed by atoms with E-state index in [0.717, 1.165) is 17.7 Å². The van der Waals surface area contributed by atoms with Gasteiger partial charge in [-0.15, -0.1) is 5.10 Å². The van der Waals surface area contributed by atoms with Crippen molar-refractivity contribution in [1.82, 2.24) is 15.0 Å². The fraction of sp³-hybridized carbons (Fsp3) is 0.471. The fourth-order valence-corrected chi connectivity index (χ4v) is 2.43. The molecule has 23 heavy (non-hydrogen) atoms. The van der Waals surface area contributed by atoms with Crippen LogP contribution in [0.2, 0.25) is 0 Å². The molecule has 0 aliphatic rings. The van der Waals surface area contributed by atoms with E-state index in [4.69, 9.17) is 9.47 Å². The third-order valence-corrected chi connectivity index (χ3v) is 3.29. The molecular weight excluding hydrogens is 294 g/mol. The highest BCUT2D eigenvalue weighted by Crippen LogP contribution is 2.32. The van der Waals surface area contributed by atoms with Crippen molar-refractivity contribution in [2.45, 2.75) is 40.0 Å². The Kier molecular flexibility index (Phi) is 5.03. The predicted molar refractivity (Wildman–Crippen MR) is 87.8 cm³/mol. The normalized spacial score (nSPS) is 11.3. The maximum atomic E-state index is 11.3. The van der Waals surface area contributed by atoms with Gasteiger partial charge >= 0.3 is 0 Å². The molecule has 0 unspecified atom stereocenters. The van der Waals surface area contributed by atoms with E-state index in [2.05, 4.69) is 10.3 Å². The van der Waals surface area contributed by atoms with Gasteiger partial charge in [-0.05, 0) is 26.0 Å². The van der Waals surface area contributed by atoms with Crippen LogP contribution in [-0.4, -0.2) is 34.5 Å². The minimum absolute atomic E-state index is 0.274. The van der Waals surface area contributed by atoms with Crippen molar-refractivity contribution in [2.75, 3.05) is 13.2 Å². The molecule has 0 saturated carbocycles. The number of hydrogen-bond donors (Lipinski definition) is 0. The van der Waals surface area contributed by atoms with E-state index in [1.165, 1.54) is 0 Å². The lowest BCUT2D eigenvalue weighted by Gasteiger charge is -2.20. The molecule has 1 heterocycles. The summed E-state index contributed by atoms with van der Waals surface area (Å²) in [5.74, 6) is 1.33. The molecule has 0 saturated heterocycles. The van der Waals surface area contributed by atoms with Gasteiger partial charge in [-0.3, -0.25) is 4.79 Å². The van der Waals surface area contributed by atoms with Gasteiger partial charge in [0.05, 0.1) is 24.6 Å². The second-order valence-corrected chi connectivity index (χ2v) is 6.10. The van der Waals surface area contributed by atoms with Crippen LogP contribution < -0.4 is 9.47 Å². The zero-order valence-corrected chi connectivity index (χ0v) is 14.3. The lowest BCUT2D eigenvalue weighted by molar-refractivity contribution is 0.111. The molecule has 1 aromatic heterocycles. The Morgan fingerprint density at radius 1 is 1.13 bits per heavy atom. The van der Waals surface area contributed by atoms with E-state index in [-0.39, 0.29) is 5.41 Å². The Labute approximate surface area is 136 Å². The molecular formula is C17H23N3O3. The molecule has 0 atom stereocenters. The highest BCUT2D eigenvalue weighted by molar-refractivity contribution is 5.74. The SMILES string of the molecule is CCOc1ccc(-n2nnc(C=O)c2C(C)(C)C)cc1OCC. The quantitative estimate of drug-likeness (QED) is 0.766. The molecule has 0 aliphatic heterocycles. The Balaban J connectivity index is 2.56. The van der Waals surface area contributed by atoms with E-state index in [9.17, 15) is 4.79 Å². The van der Waals surface area contributed by atoms with Gasteiger partial charge in [-0.1, -0.05) is 26.0 Å². The van der Waals surface area contributed by atoms with Crippen LogP contribution in [0.1, 0.15) is 50.8 Å². The van der Waals surface area contributed by atoms with Crippen molar-refractivity contribution in [3.63, 3.8) is 0 Å². The molecule has 0 radical (unpaired) electrons. The number of hydrogen-bond acceptors (Lipinski definition) is 5. The van der Waals surface area contributed by atoms with Gasteiger partial charge in [-0.2, -0.15) is 0 Å². The van der Waals surface area contributed by atoms with Crippen molar-refractivity contribution in [1.29, 1.82) is 0 Å². The van der Waals surface area contributed by atoms with Crippen LogP contribution >= 0.6 is 0 Å². The van der Waals surface area contributed by atoms with Crippen LogP contribution in [0.3, 0.4) is 0 Å². The van der Waals surface area contributed by atoms with Gasteiger partial charge < -0.3 is 9.47 Å². The van der Waals surface area contributed by atoms with E-state index >= 15 is 0 Å². The summed E-state index contributed by atoms with van der Waals surface area (Å²) in [5.41, 5.74) is 1.62. The van der Waals surface area contributed by atoms with Crippen LogP contribution in [0.4, 0.5) is 0 Å². The van der Waals surface area contributed by atoms with Gasteiger partial charge in [0, 0.05) is 11.5 Å². The summed E-state index contributed by atoms with van der Waals surface area (Å²) in [5, 5.41) is 8.12. The van der Waals surface area contributed by atoms with Crippen molar-refractivity contribution in [3.05, 3.63) is 29.6 Å². The average Bonchev–Trinajstić information content (AvgIpc) is 2.93. The number of aromatic nitrogens is 3. The topological polar surface area (TPSA) is 66.2 Å². The summed E-state index contributed by atoms with van der Waals surface area (Å²) in [7, 11) is 0. The third-order valence-electron chi connectivity index (χ3n) is 3.29. The fourth-order valence-electron chi connectivity index (χ4n) is 2.43. The molecule has 2 aromatic rings. The molecule has 0 spiro atoms. The maximum absolute atomic E-state index is 11.3. The molecule has 2 rings (SSSR count). The number of carbonyl (C=O) groups excluding carboxylic acids is 1. The molecule has 6 nitrogen and oxygen atoms in total. The minimum Gasteiger partial charge on any atom is -0.490 e. The smallest absolute Gasteiger partial charge is 0.172 e. The van der Waals surface area contributed by atoms with E-state index in [1.807, 2.05) is 52.8 Å². The number of ether oxygens (including phenoxy) is 2. The monoisotopic (exact) mass is 317 g/mol. The van der Waals surface area contributed by atoms with Gasteiger partial charge in [0.25, 0.3) is 0 Å². The number of nitrogens with zero attached hydrogens (tertiary/aromatic N) is 3. The molecule has 0 N–H and O–H groups in total. The summed E-state index contributed by atoms with van der Waals surface area (Å²) in [6.45, 7) is 11.0. The second-order valence-electron chi connectivity index (χ2n) is 6.10. The second kappa shape index (κ2) is 6.81. The average molecular weight is 317 g/mol. The third kappa shape index (κ3) is 3.52. The van der Waals surface area contributed by atoms with Gasteiger partial charge in [0.2, 0.25) is 0 Å². The first-order valence-corrected chi connectivity index (χ1v) is 7.73. The molecule has 0 bridgehead atoms. The summed E-state index contributed by atoms with van der Waals surface area (Å²) >= 11 is 0. The van der Waals surface area contributed by atoms with Crippen LogP contribution in [-0.2, 0) is 5.41 Å². The zero-order chi connectivity index (χ0) is 17.0. The van der Waals surface area contributed by atoms with E-state index in [1.54, 1.807) is 4.68 Å². The van der Waals surface area contributed by atoms with E-state index in [0.29, 0.717) is 30.4 Å². The minimum atomic E-state index is -0.274. The van der Waals surface area contributed by atoms with Gasteiger partial charge in [0.1, 0.15) is 5.69 Å². The first-order chi connectivity index (χ1) is 10.9. The largest absolute Gasteiger partial charge is 0.490 e. The summed E-state index contributed by atoms with van der Waals surface area (Å²) in [6.07, 6.45) is 0.738. The first-order valence-electron chi connectivity index (χ1n) is 7.73. The maximum Gasteiger partial charge on any atom is 0.172 e. The molecule has 1 aromatic carbocycles. The van der Waals surface area contributed by atoms with Crippen LogP contribution in [0.5, 0.6) is 11.5 Å². The van der Waals surface area contributed by atoms with Gasteiger partial charge in [0.15, 0.2) is 17.8 Å². The van der Waals surface area contributed by atoms with E-state index < -0.39 is 0 Å².